The first-order chi connectivity index (χ1) is 6.66. The monoisotopic (exact) mass is 193 g/mol. The largest absolute Gasteiger partial charge is 0.297 e. The molecule has 0 aromatic carbocycles. The first kappa shape index (κ1) is 8.54. The fourth-order valence-electron chi connectivity index (χ4n) is 1.12. The van der Waals surface area contributed by atoms with Gasteiger partial charge in [0, 0.05) is 6.92 Å². The van der Waals surface area contributed by atoms with Crippen LogP contribution in [-0.2, 0) is 9.59 Å². The van der Waals surface area contributed by atoms with Gasteiger partial charge >= 0.3 is 0 Å². The normalized spacial score (nSPS) is 23.5. The summed E-state index contributed by atoms with van der Waals surface area (Å²) in [7, 11) is 0. The van der Waals surface area contributed by atoms with Crippen molar-refractivity contribution in [2.45, 2.75) is 13.1 Å². The first-order valence-corrected chi connectivity index (χ1v) is 3.93. The van der Waals surface area contributed by atoms with Crippen molar-refractivity contribution in [1.82, 2.24) is 10.6 Å². The van der Waals surface area contributed by atoms with Crippen LogP contribution in [0.15, 0.2) is 15.0 Å². The van der Waals surface area contributed by atoms with Crippen molar-refractivity contribution in [3.8, 4) is 0 Å². The first-order valence-electron chi connectivity index (χ1n) is 3.93. The molecule has 7 heteroatoms. The number of rotatable bonds is 0. The number of guanidine groups is 1. The Kier molecular flexibility index (Phi) is 1.84. The van der Waals surface area contributed by atoms with Crippen LogP contribution in [-0.4, -0.2) is 36.0 Å². The van der Waals surface area contributed by atoms with Crippen LogP contribution in [0.4, 0.5) is 0 Å². The van der Waals surface area contributed by atoms with E-state index >= 15 is 0 Å². The minimum atomic E-state index is -0.606. The minimum Gasteiger partial charge on any atom is -0.297 e. The van der Waals surface area contributed by atoms with Crippen LogP contribution in [0.3, 0.4) is 0 Å². The van der Waals surface area contributed by atoms with Crippen LogP contribution in [0.2, 0.25) is 0 Å². The van der Waals surface area contributed by atoms with Gasteiger partial charge in [-0.25, -0.2) is 15.0 Å². The van der Waals surface area contributed by atoms with Crippen LogP contribution in [0.5, 0.6) is 0 Å². The Morgan fingerprint density at radius 3 is 3.14 bits per heavy atom. The molecule has 0 aliphatic carbocycles. The molecule has 1 unspecified atom stereocenters. The van der Waals surface area contributed by atoms with Gasteiger partial charge < -0.3 is 0 Å². The van der Waals surface area contributed by atoms with E-state index in [1.54, 1.807) is 0 Å². The number of nitrogens with zero attached hydrogens (tertiary/aromatic N) is 3. The fourth-order valence-corrected chi connectivity index (χ4v) is 1.12. The fraction of sp³-hybridized carbons (Fsp3) is 0.286. The van der Waals surface area contributed by atoms with Gasteiger partial charge in [-0.05, 0) is 0 Å². The Hall–Kier alpha value is -2.05. The minimum absolute atomic E-state index is 0.116. The highest BCUT2D eigenvalue weighted by Gasteiger charge is 2.30. The zero-order valence-electron chi connectivity index (χ0n) is 7.31. The Morgan fingerprint density at radius 2 is 2.43 bits per heavy atom. The molecular formula is C7H7N5O2. The van der Waals surface area contributed by atoms with Crippen molar-refractivity contribution in [3.05, 3.63) is 0 Å². The van der Waals surface area contributed by atoms with Gasteiger partial charge in [0.2, 0.25) is 11.9 Å². The quantitative estimate of drug-likeness (QED) is 0.485. The summed E-state index contributed by atoms with van der Waals surface area (Å²) < 4.78 is 0. The molecule has 2 N–H and O–H groups in total. The predicted molar refractivity (Wildman–Crippen MR) is 49.1 cm³/mol. The van der Waals surface area contributed by atoms with Gasteiger partial charge in [0.05, 0.1) is 0 Å². The highest BCUT2D eigenvalue weighted by atomic mass is 16.2. The molecule has 0 saturated heterocycles. The van der Waals surface area contributed by atoms with Gasteiger partial charge in [-0.15, -0.1) is 0 Å². The molecular weight excluding hydrogens is 186 g/mol. The third kappa shape index (κ3) is 1.39. The van der Waals surface area contributed by atoms with Gasteiger partial charge in [-0.2, -0.15) is 0 Å². The third-order valence-electron chi connectivity index (χ3n) is 1.66. The number of amides is 2. The summed E-state index contributed by atoms with van der Waals surface area (Å²) in [4.78, 5) is 33.6. The summed E-state index contributed by atoms with van der Waals surface area (Å²) in [5.41, 5.74) is 0.249. The van der Waals surface area contributed by atoms with Crippen molar-refractivity contribution in [2.24, 2.45) is 15.0 Å². The number of fused-ring (bicyclic) bond motifs is 1. The molecule has 72 valence electrons. The number of carbonyl (C=O) groups is 2. The molecule has 2 rings (SSSR count). The number of aliphatic imine (C=N–C) groups is 3. The number of nitrogens with one attached hydrogen (secondary N) is 2. The lowest BCUT2D eigenvalue weighted by atomic mass is 10.2. The summed E-state index contributed by atoms with van der Waals surface area (Å²) >= 11 is 0. The van der Waals surface area contributed by atoms with Crippen LogP contribution < -0.4 is 10.6 Å². The number of hydrogen-bond donors (Lipinski definition) is 2. The van der Waals surface area contributed by atoms with Gasteiger partial charge in [0.25, 0.3) is 5.91 Å². The summed E-state index contributed by atoms with van der Waals surface area (Å²) in [5, 5.41) is 4.76. The smallest absolute Gasteiger partial charge is 0.276 e. The molecule has 2 aliphatic heterocycles. The maximum Gasteiger partial charge on any atom is 0.276 e. The molecule has 0 aromatic heterocycles. The zero-order chi connectivity index (χ0) is 10.1. The maximum atomic E-state index is 11.3. The van der Waals surface area contributed by atoms with Crippen molar-refractivity contribution in [2.75, 3.05) is 0 Å². The molecule has 14 heavy (non-hydrogen) atoms. The maximum absolute atomic E-state index is 11.3. The summed E-state index contributed by atoms with van der Waals surface area (Å²) in [5.74, 6) is -0.567. The molecule has 0 bridgehead atoms. The standard InChI is InChI=1S/C7H7N5O2/c1-3(13)10-7-11-5-4(6(14)12-7)8-2-9-5/h2,5H,1H3,(H2,10,11,12,13,14). The van der Waals surface area contributed by atoms with Crippen molar-refractivity contribution in [1.29, 1.82) is 0 Å². The van der Waals surface area contributed by atoms with Crippen molar-refractivity contribution in [3.63, 3.8) is 0 Å². The second kappa shape index (κ2) is 3.02. The van der Waals surface area contributed by atoms with Crippen molar-refractivity contribution < 1.29 is 9.59 Å². The van der Waals surface area contributed by atoms with Crippen LogP contribution in [0.1, 0.15) is 6.92 Å². The van der Waals surface area contributed by atoms with E-state index in [0.29, 0.717) is 0 Å². The third-order valence-corrected chi connectivity index (χ3v) is 1.66. The lowest BCUT2D eigenvalue weighted by Gasteiger charge is -2.16. The van der Waals surface area contributed by atoms with Gasteiger partial charge in [-0.3, -0.25) is 20.2 Å². The Balaban J connectivity index is 2.22. The predicted octanol–water partition coefficient (Wildman–Crippen LogP) is -1.58. The molecule has 2 aliphatic rings. The van der Waals surface area contributed by atoms with Crippen LogP contribution in [0.25, 0.3) is 0 Å². The average molecular weight is 193 g/mol. The average Bonchev–Trinajstić information content (AvgIpc) is 2.50. The van der Waals surface area contributed by atoms with Crippen LogP contribution >= 0.6 is 0 Å². The summed E-state index contributed by atoms with van der Waals surface area (Å²) in [6.45, 7) is 1.33. The second-order valence-electron chi connectivity index (χ2n) is 2.77. The molecule has 1 atom stereocenters. The molecule has 0 spiro atoms. The number of hydrogen-bond acceptors (Lipinski definition) is 5. The molecule has 0 radical (unpaired) electrons. The molecule has 0 aromatic rings. The van der Waals surface area contributed by atoms with E-state index in [9.17, 15) is 9.59 Å². The molecule has 0 fully saturated rings. The number of carbonyl (C=O) groups excluding carboxylic acids is 2. The zero-order valence-corrected chi connectivity index (χ0v) is 7.31. The summed E-state index contributed by atoms with van der Waals surface area (Å²) in [6, 6.07) is 0. The van der Waals surface area contributed by atoms with Crippen molar-refractivity contribution >= 4 is 29.8 Å². The molecule has 7 nitrogen and oxygen atoms in total. The Bertz CT molecular complexity index is 395. The van der Waals surface area contributed by atoms with Crippen LogP contribution in [0, 0.1) is 0 Å². The molecule has 0 saturated carbocycles. The van der Waals surface area contributed by atoms with Gasteiger partial charge in [0.15, 0.2) is 11.9 Å². The SMILES string of the molecule is CC(=O)NC1=NC2N=CN=C2C(=O)N1. The van der Waals surface area contributed by atoms with E-state index in [1.807, 2.05) is 0 Å². The Labute approximate surface area is 79.0 Å². The van der Waals surface area contributed by atoms with Gasteiger partial charge in [0.1, 0.15) is 6.34 Å². The topological polar surface area (TPSA) is 95.3 Å². The van der Waals surface area contributed by atoms with Gasteiger partial charge in [-0.1, -0.05) is 0 Å². The van der Waals surface area contributed by atoms with E-state index in [4.69, 9.17) is 0 Å². The van der Waals surface area contributed by atoms with E-state index in [0.717, 1.165) is 0 Å². The highest BCUT2D eigenvalue weighted by Crippen LogP contribution is 2.06. The lowest BCUT2D eigenvalue weighted by molar-refractivity contribution is -0.117. The molecule has 2 amide bonds. The second-order valence-corrected chi connectivity index (χ2v) is 2.77. The Morgan fingerprint density at radius 1 is 1.64 bits per heavy atom. The van der Waals surface area contributed by atoms with E-state index < -0.39 is 6.17 Å². The highest BCUT2D eigenvalue weighted by molar-refractivity contribution is 6.46. The molecule has 2 heterocycles. The summed E-state index contributed by atoms with van der Waals surface area (Å²) in [6.07, 6.45) is 0.672. The lowest BCUT2D eigenvalue weighted by Crippen LogP contribution is -2.51. The van der Waals surface area contributed by atoms with E-state index in [1.165, 1.54) is 13.3 Å². The van der Waals surface area contributed by atoms with E-state index in [-0.39, 0.29) is 23.5 Å². The van der Waals surface area contributed by atoms with E-state index in [2.05, 4.69) is 25.6 Å².